The largest absolute Gasteiger partial charge is 0.411 e. The quantitative estimate of drug-likeness (QED) is 0.864. The number of benzene rings is 1. The molecule has 1 unspecified atom stereocenters. The van der Waals surface area contributed by atoms with Crippen molar-refractivity contribution >= 4 is 23.2 Å². The molecule has 1 N–H and O–H groups in total. The van der Waals surface area contributed by atoms with Gasteiger partial charge in [0.15, 0.2) is 0 Å². The lowest BCUT2D eigenvalue weighted by molar-refractivity contribution is -0.175. The molecule has 0 saturated heterocycles. The Morgan fingerprint density at radius 2 is 2.00 bits per heavy atom. The predicted octanol–water partition coefficient (Wildman–Crippen LogP) is 3.70. The lowest BCUT2D eigenvalue weighted by Crippen LogP contribution is -2.34. The molecular formula is C12H14Cl2F3NO. The van der Waals surface area contributed by atoms with E-state index in [1.807, 2.05) is 0 Å². The smallest absolute Gasteiger partial charge is 0.370 e. The highest BCUT2D eigenvalue weighted by Gasteiger charge is 2.27. The van der Waals surface area contributed by atoms with Gasteiger partial charge in [-0.3, -0.25) is 0 Å². The highest BCUT2D eigenvalue weighted by Crippen LogP contribution is 2.26. The van der Waals surface area contributed by atoms with E-state index in [1.165, 1.54) is 0 Å². The summed E-state index contributed by atoms with van der Waals surface area (Å²) in [6.45, 7) is -1.31. The Morgan fingerprint density at radius 3 is 2.58 bits per heavy atom. The number of nitrogens with one attached hydrogen (secondary N) is 1. The molecule has 1 atom stereocenters. The summed E-state index contributed by atoms with van der Waals surface area (Å²) in [5.74, 6) is 0. The molecule has 1 rings (SSSR count). The Labute approximate surface area is 119 Å². The number of hydrogen-bond acceptors (Lipinski definition) is 2. The van der Waals surface area contributed by atoms with Gasteiger partial charge in [0, 0.05) is 6.04 Å². The molecule has 7 heteroatoms. The lowest BCUT2D eigenvalue weighted by atomic mass is 10.1. The summed E-state index contributed by atoms with van der Waals surface area (Å²) in [6, 6.07) is 4.91. The molecule has 0 aliphatic rings. The molecule has 2 nitrogen and oxygen atoms in total. The Hall–Kier alpha value is -0.490. The third-order valence-corrected chi connectivity index (χ3v) is 3.35. The molecular weight excluding hydrogens is 302 g/mol. The fraction of sp³-hybridized carbons (Fsp3) is 0.500. The third-order valence-electron chi connectivity index (χ3n) is 2.49. The van der Waals surface area contributed by atoms with Crippen LogP contribution in [0.15, 0.2) is 18.2 Å². The monoisotopic (exact) mass is 315 g/mol. The zero-order valence-corrected chi connectivity index (χ0v) is 11.7. The number of halogens is 5. The molecule has 0 heterocycles. The molecule has 0 spiro atoms. The molecule has 1 aromatic carbocycles. The third kappa shape index (κ3) is 5.99. The molecule has 0 fully saturated rings. The standard InChI is InChI=1S/C12H14Cl2F3NO/c1-18-9(6-19-7-12(15,16)17)5-8-3-2-4-10(13)11(8)14/h2-4,9,18H,5-7H2,1H3. The van der Waals surface area contributed by atoms with Crippen LogP contribution in [0.4, 0.5) is 13.2 Å². The second kappa shape index (κ2) is 7.33. The van der Waals surface area contributed by atoms with Crippen LogP contribution in [0.25, 0.3) is 0 Å². The van der Waals surface area contributed by atoms with Crippen LogP contribution in [-0.2, 0) is 11.2 Å². The first kappa shape index (κ1) is 16.6. The van der Waals surface area contributed by atoms with Gasteiger partial charge in [0.1, 0.15) is 6.61 Å². The van der Waals surface area contributed by atoms with Crippen molar-refractivity contribution in [2.24, 2.45) is 0 Å². The van der Waals surface area contributed by atoms with Crippen LogP contribution in [0.3, 0.4) is 0 Å². The molecule has 0 aliphatic carbocycles. The minimum absolute atomic E-state index is 0.0567. The first-order valence-electron chi connectivity index (χ1n) is 5.58. The van der Waals surface area contributed by atoms with Crippen LogP contribution in [0.1, 0.15) is 5.56 Å². The van der Waals surface area contributed by atoms with Crippen molar-refractivity contribution in [2.45, 2.75) is 18.6 Å². The Morgan fingerprint density at radius 1 is 1.32 bits per heavy atom. The van der Waals surface area contributed by atoms with Gasteiger partial charge in [-0.1, -0.05) is 35.3 Å². The van der Waals surface area contributed by atoms with Crippen LogP contribution in [-0.4, -0.2) is 32.5 Å². The highest BCUT2D eigenvalue weighted by molar-refractivity contribution is 6.42. The van der Waals surface area contributed by atoms with Gasteiger partial charge in [0.2, 0.25) is 0 Å². The van der Waals surface area contributed by atoms with Crippen molar-refractivity contribution in [3.05, 3.63) is 33.8 Å². The molecule has 108 valence electrons. The molecule has 0 aromatic heterocycles. The summed E-state index contributed by atoms with van der Waals surface area (Å²) in [6.07, 6.45) is -3.88. The van der Waals surface area contributed by atoms with Gasteiger partial charge in [0.05, 0.1) is 16.7 Å². The second-order valence-corrected chi connectivity index (χ2v) is 4.82. The lowest BCUT2D eigenvalue weighted by Gasteiger charge is -2.18. The Bertz CT molecular complexity index is 412. The Kier molecular flexibility index (Phi) is 6.39. The van der Waals surface area contributed by atoms with Gasteiger partial charge >= 0.3 is 6.18 Å². The van der Waals surface area contributed by atoms with Crippen molar-refractivity contribution < 1.29 is 17.9 Å². The van der Waals surface area contributed by atoms with Gasteiger partial charge in [-0.05, 0) is 25.1 Å². The predicted molar refractivity (Wildman–Crippen MR) is 69.9 cm³/mol. The maximum absolute atomic E-state index is 12.0. The van der Waals surface area contributed by atoms with Crippen LogP contribution < -0.4 is 5.32 Å². The minimum atomic E-state index is -4.31. The average Bonchev–Trinajstić information content (AvgIpc) is 2.32. The van der Waals surface area contributed by atoms with Crippen molar-refractivity contribution in [1.29, 1.82) is 0 Å². The number of ether oxygens (including phenoxy) is 1. The second-order valence-electron chi connectivity index (χ2n) is 4.03. The maximum atomic E-state index is 12.0. The van der Waals surface area contributed by atoms with Crippen molar-refractivity contribution in [1.82, 2.24) is 5.32 Å². The van der Waals surface area contributed by atoms with Crippen LogP contribution in [0, 0.1) is 0 Å². The van der Waals surface area contributed by atoms with Gasteiger partial charge in [0.25, 0.3) is 0 Å². The topological polar surface area (TPSA) is 21.3 Å². The van der Waals surface area contributed by atoms with E-state index >= 15 is 0 Å². The molecule has 1 aromatic rings. The normalized spacial score (nSPS) is 13.6. The zero-order valence-electron chi connectivity index (χ0n) is 10.2. The van der Waals surface area contributed by atoms with Crippen LogP contribution >= 0.6 is 23.2 Å². The van der Waals surface area contributed by atoms with Gasteiger partial charge < -0.3 is 10.1 Å². The maximum Gasteiger partial charge on any atom is 0.411 e. The van der Waals surface area contributed by atoms with E-state index in [0.29, 0.717) is 16.5 Å². The van der Waals surface area contributed by atoms with E-state index in [4.69, 9.17) is 23.2 Å². The average molecular weight is 316 g/mol. The summed E-state index contributed by atoms with van der Waals surface area (Å²) in [7, 11) is 1.65. The number of likely N-dealkylation sites (N-methyl/N-ethyl adjacent to an activating group) is 1. The van der Waals surface area contributed by atoms with Gasteiger partial charge in [-0.25, -0.2) is 0 Å². The molecule has 19 heavy (non-hydrogen) atoms. The molecule has 0 bridgehead atoms. The Balaban J connectivity index is 2.55. The first-order valence-corrected chi connectivity index (χ1v) is 6.33. The summed E-state index contributed by atoms with van der Waals surface area (Å²) in [4.78, 5) is 0. The number of hydrogen-bond donors (Lipinski definition) is 1. The zero-order chi connectivity index (χ0) is 14.5. The minimum Gasteiger partial charge on any atom is -0.370 e. The van der Waals surface area contributed by atoms with E-state index in [2.05, 4.69) is 10.1 Å². The molecule has 0 saturated carbocycles. The molecule has 0 aliphatic heterocycles. The fourth-order valence-electron chi connectivity index (χ4n) is 1.53. The summed E-state index contributed by atoms with van der Waals surface area (Å²) in [5.41, 5.74) is 0.768. The fourth-order valence-corrected chi connectivity index (χ4v) is 1.93. The van der Waals surface area contributed by atoms with E-state index < -0.39 is 12.8 Å². The van der Waals surface area contributed by atoms with E-state index in [-0.39, 0.29) is 12.6 Å². The summed E-state index contributed by atoms with van der Waals surface area (Å²) >= 11 is 11.9. The summed E-state index contributed by atoms with van der Waals surface area (Å²) in [5, 5.41) is 3.73. The van der Waals surface area contributed by atoms with Gasteiger partial charge in [-0.15, -0.1) is 0 Å². The summed E-state index contributed by atoms with van der Waals surface area (Å²) < 4.78 is 40.5. The van der Waals surface area contributed by atoms with Crippen molar-refractivity contribution in [2.75, 3.05) is 20.3 Å². The number of alkyl halides is 3. The van der Waals surface area contributed by atoms with Gasteiger partial charge in [-0.2, -0.15) is 13.2 Å². The van der Waals surface area contributed by atoms with Crippen molar-refractivity contribution in [3.63, 3.8) is 0 Å². The van der Waals surface area contributed by atoms with E-state index in [0.717, 1.165) is 5.56 Å². The molecule has 0 radical (unpaired) electrons. The number of rotatable bonds is 6. The molecule has 0 amide bonds. The van der Waals surface area contributed by atoms with Crippen molar-refractivity contribution in [3.8, 4) is 0 Å². The van der Waals surface area contributed by atoms with E-state index in [1.54, 1.807) is 25.2 Å². The highest BCUT2D eigenvalue weighted by atomic mass is 35.5. The van der Waals surface area contributed by atoms with Crippen LogP contribution in [0.2, 0.25) is 10.0 Å². The van der Waals surface area contributed by atoms with E-state index in [9.17, 15) is 13.2 Å². The SMILES string of the molecule is CNC(COCC(F)(F)F)Cc1cccc(Cl)c1Cl. The van der Waals surface area contributed by atoms with Crippen LogP contribution in [0.5, 0.6) is 0 Å². The first-order chi connectivity index (χ1) is 8.83.